The lowest BCUT2D eigenvalue weighted by molar-refractivity contribution is -0.139. The van der Waals surface area contributed by atoms with Crippen molar-refractivity contribution in [2.75, 3.05) is 13.1 Å². The molecule has 1 heterocycles. The lowest BCUT2D eigenvalue weighted by Gasteiger charge is -2.35. The van der Waals surface area contributed by atoms with Gasteiger partial charge >= 0.3 is 0 Å². The van der Waals surface area contributed by atoms with Gasteiger partial charge in [-0.2, -0.15) is 0 Å². The molecule has 4 heteroatoms. The highest BCUT2D eigenvalue weighted by Crippen LogP contribution is 2.29. The van der Waals surface area contributed by atoms with Gasteiger partial charge in [-0.25, -0.2) is 0 Å². The van der Waals surface area contributed by atoms with Crippen molar-refractivity contribution in [1.29, 1.82) is 0 Å². The number of rotatable bonds is 4. The Hall–Kier alpha value is -1.84. The summed E-state index contributed by atoms with van der Waals surface area (Å²) < 4.78 is 0. The number of nitrogens with zero attached hydrogens (tertiary/aromatic N) is 1. The zero-order valence-corrected chi connectivity index (χ0v) is 13.1. The van der Waals surface area contributed by atoms with Crippen molar-refractivity contribution in [3.05, 3.63) is 35.4 Å². The summed E-state index contributed by atoms with van der Waals surface area (Å²) in [5.74, 6) is 0.430. The van der Waals surface area contributed by atoms with E-state index in [0.717, 1.165) is 18.4 Å². The predicted octanol–water partition coefficient (Wildman–Crippen LogP) is 2.29. The molecule has 0 saturated carbocycles. The van der Waals surface area contributed by atoms with Crippen molar-refractivity contribution < 1.29 is 9.59 Å². The number of carbonyl (C=O) groups excluding carboxylic acids is 2. The topological polar surface area (TPSA) is 49.4 Å². The Bertz CT molecular complexity index is 525. The molecule has 0 aromatic heterocycles. The van der Waals surface area contributed by atoms with Crippen LogP contribution in [0.2, 0.25) is 0 Å². The van der Waals surface area contributed by atoms with Crippen molar-refractivity contribution in [2.24, 2.45) is 5.92 Å². The molecule has 0 fully saturated rings. The number of benzene rings is 1. The van der Waals surface area contributed by atoms with Gasteiger partial charge < -0.3 is 10.2 Å². The van der Waals surface area contributed by atoms with Crippen LogP contribution >= 0.6 is 0 Å². The maximum Gasteiger partial charge on any atom is 0.247 e. The first-order chi connectivity index (χ1) is 10.0. The Kier molecular flexibility index (Phi) is 4.99. The molecule has 0 radical (unpaired) electrons. The van der Waals surface area contributed by atoms with Crippen LogP contribution < -0.4 is 5.32 Å². The Morgan fingerprint density at radius 3 is 2.71 bits per heavy atom. The van der Waals surface area contributed by atoms with E-state index in [0.29, 0.717) is 19.0 Å². The van der Waals surface area contributed by atoms with Crippen LogP contribution in [-0.4, -0.2) is 29.8 Å². The molecule has 4 nitrogen and oxygen atoms in total. The van der Waals surface area contributed by atoms with Gasteiger partial charge in [0.05, 0.1) is 0 Å². The van der Waals surface area contributed by atoms with Gasteiger partial charge in [0.2, 0.25) is 11.8 Å². The van der Waals surface area contributed by atoms with Gasteiger partial charge in [-0.05, 0) is 29.9 Å². The average Bonchev–Trinajstić information content (AvgIpc) is 2.45. The molecule has 0 saturated heterocycles. The summed E-state index contributed by atoms with van der Waals surface area (Å²) in [6.45, 7) is 7.05. The standard InChI is InChI=1S/C17H24N2O2/c1-12(2)8-10-18-17(21)16-15-7-5-4-6-14(15)9-11-19(16)13(3)20/h4-7,12,16H,8-11H2,1-3H3,(H,18,21). The maximum absolute atomic E-state index is 12.6. The molecule has 114 valence electrons. The van der Waals surface area contributed by atoms with Crippen LogP contribution in [0.25, 0.3) is 0 Å². The summed E-state index contributed by atoms with van der Waals surface area (Å²) in [7, 11) is 0. The molecular weight excluding hydrogens is 264 g/mol. The Labute approximate surface area is 126 Å². The van der Waals surface area contributed by atoms with Gasteiger partial charge in [0.15, 0.2) is 0 Å². The molecule has 0 bridgehead atoms. The molecule has 1 unspecified atom stereocenters. The zero-order valence-electron chi connectivity index (χ0n) is 13.1. The monoisotopic (exact) mass is 288 g/mol. The largest absolute Gasteiger partial charge is 0.354 e. The molecule has 1 aromatic rings. The number of carbonyl (C=O) groups is 2. The van der Waals surface area contributed by atoms with Gasteiger partial charge in [-0.1, -0.05) is 38.1 Å². The minimum atomic E-state index is -0.486. The second-order valence-electron chi connectivity index (χ2n) is 6.04. The smallest absolute Gasteiger partial charge is 0.247 e. The minimum absolute atomic E-state index is 0.0477. The van der Waals surface area contributed by atoms with Crippen LogP contribution in [0.5, 0.6) is 0 Å². The molecule has 0 aliphatic carbocycles. The number of hydrogen-bond acceptors (Lipinski definition) is 2. The molecule has 21 heavy (non-hydrogen) atoms. The van der Waals surface area contributed by atoms with Gasteiger partial charge in [0.25, 0.3) is 0 Å². The van der Waals surface area contributed by atoms with E-state index in [2.05, 4.69) is 19.2 Å². The quantitative estimate of drug-likeness (QED) is 0.924. The van der Waals surface area contributed by atoms with Crippen molar-refractivity contribution in [2.45, 2.75) is 39.7 Å². The van der Waals surface area contributed by atoms with Crippen LogP contribution in [0.1, 0.15) is 44.4 Å². The van der Waals surface area contributed by atoms with E-state index in [1.165, 1.54) is 12.5 Å². The summed E-state index contributed by atoms with van der Waals surface area (Å²) in [6.07, 6.45) is 1.76. The van der Waals surface area contributed by atoms with E-state index >= 15 is 0 Å². The summed E-state index contributed by atoms with van der Waals surface area (Å²) in [6, 6.07) is 7.42. The second kappa shape index (κ2) is 6.74. The van der Waals surface area contributed by atoms with Crippen LogP contribution in [-0.2, 0) is 16.0 Å². The summed E-state index contributed by atoms with van der Waals surface area (Å²) in [5.41, 5.74) is 2.13. The summed E-state index contributed by atoms with van der Waals surface area (Å²) >= 11 is 0. The zero-order chi connectivity index (χ0) is 15.4. The summed E-state index contributed by atoms with van der Waals surface area (Å²) in [4.78, 5) is 26.1. The van der Waals surface area contributed by atoms with E-state index in [-0.39, 0.29) is 11.8 Å². The maximum atomic E-state index is 12.6. The van der Waals surface area contributed by atoms with Crippen LogP contribution in [0.4, 0.5) is 0 Å². The third-order valence-electron chi connectivity index (χ3n) is 3.96. The van der Waals surface area contributed by atoms with E-state index in [4.69, 9.17) is 0 Å². The van der Waals surface area contributed by atoms with Crippen molar-refractivity contribution in [3.63, 3.8) is 0 Å². The molecule has 1 N–H and O–H groups in total. The van der Waals surface area contributed by atoms with Crippen LogP contribution in [0.3, 0.4) is 0 Å². The fraction of sp³-hybridized carbons (Fsp3) is 0.529. The third kappa shape index (κ3) is 3.63. The molecule has 1 atom stereocenters. The lowest BCUT2D eigenvalue weighted by Crippen LogP contribution is -2.46. The predicted molar refractivity (Wildman–Crippen MR) is 82.7 cm³/mol. The minimum Gasteiger partial charge on any atom is -0.354 e. The van der Waals surface area contributed by atoms with Crippen molar-refractivity contribution in [3.8, 4) is 0 Å². The highest BCUT2D eigenvalue weighted by atomic mass is 16.2. The second-order valence-corrected chi connectivity index (χ2v) is 6.04. The molecule has 1 aliphatic heterocycles. The Morgan fingerprint density at radius 1 is 1.33 bits per heavy atom. The summed E-state index contributed by atoms with van der Waals surface area (Å²) in [5, 5.41) is 2.98. The molecule has 2 amide bonds. The van der Waals surface area contributed by atoms with Gasteiger partial charge in [-0.3, -0.25) is 9.59 Å². The number of fused-ring (bicyclic) bond motifs is 1. The van der Waals surface area contributed by atoms with Crippen LogP contribution in [0.15, 0.2) is 24.3 Å². The molecule has 2 rings (SSSR count). The van der Waals surface area contributed by atoms with Crippen LogP contribution in [0, 0.1) is 5.92 Å². The lowest BCUT2D eigenvalue weighted by atomic mass is 9.92. The fourth-order valence-corrected chi connectivity index (χ4v) is 2.77. The fourth-order valence-electron chi connectivity index (χ4n) is 2.77. The molecule has 1 aromatic carbocycles. The Morgan fingerprint density at radius 2 is 2.05 bits per heavy atom. The van der Waals surface area contributed by atoms with Crippen molar-refractivity contribution in [1.82, 2.24) is 10.2 Å². The highest BCUT2D eigenvalue weighted by Gasteiger charge is 2.33. The molecule has 0 spiro atoms. The molecular formula is C17H24N2O2. The van der Waals surface area contributed by atoms with Gasteiger partial charge in [0.1, 0.15) is 6.04 Å². The van der Waals surface area contributed by atoms with E-state index in [1.807, 2.05) is 24.3 Å². The number of nitrogens with one attached hydrogen (secondary N) is 1. The van der Waals surface area contributed by atoms with Gasteiger partial charge in [0, 0.05) is 20.0 Å². The van der Waals surface area contributed by atoms with E-state index in [9.17, 15) is 9.59 Å². The molecule has 1 aliphatic rings. The van der Waals surface area contributed by atoms with Gasteiger partial charge in [-0.15, -0.1) is 0 Å². The SMILES string of the molecule is CC(=O)N1CCc2ccccc2C1C(=O)NCCC(C)C. The number of amides is 2. The third-order valence-corrected chi connectivity index (χ3v) is 3.96. The first-order valence-electron chi connectivity index (χ1n) is 7.63. The highest BCUT2D eigenvalue weighted by molar-refractivity contribution is 5.88. The first-order valence-corrected chi connectivity index (χ1v) is 7.63. The average molecular weight is 288 g/mol. The normalized spacial score (nSPS) is 17.5. The Balaban J connectivity index is 2.19. The number of hydrogen-bond donors (Lipinski definition) is 1. The van der Waals surface area contributed by atoms with Crippen molar-refractivity contribution >= 4 is 11.8 Å². The first kappa shape index (κ1) is 15.5. The van der Waals surface area contributed by atoms with E-state index in [1.54, 1.807) is 4.90 Å². The van der Waals surface area contributed by atoms with E-state index < -0.39 is 6.04 Å².